The molecule has 2 rings (SSSR count). The standard InChI is InChI=1S/C15H19N3O/c1-18(13-8-4-3-7-12(13)11-16)14(19)15(17)9-5-2-6-10-15/h3-4,7-8H,2,5-6,9-10,17H2,1H3. The smallest absolute Gasteiger partial charge is 0.246 e. The molecule has 1 amide bonds. The Labute approximate surface area is 113 Å². The minimum Gasteiger partial charge on any atom is -0.317 e. The van der Waals surface area contributed by atoms with Crippen LogP contribution in [0.4, 0.5) is 5.69 Å². The third-order valence-electron chi connectivity index (χ3n) is 3.86. The Morgan fingerprint density at radius 1 is 1.32 bits per heavy atom. The third-order valence-corrected chi connectivity index (χ3v) is 3.86. The van der Waals surface area contributed by atoms with E-state index in [2.05, 4.69) is 6.07 Å². The number of hydrogen-bond donors (Lipinski definition) is 1. The Morgan fingerprint density at radius 3 is 2.58 bits per heavy atom. The molecule has 0 radical (unpaired) electrons. The van der Waals surface area contributed by atoms with Crippen LogP contribution in [0.5, 0.6) is 0 Å². The van der Waals surface area contributed by atoms with Crippen molar-refractivity contribution in [2.24, 2.45) is 5.73 Å². The van der Waals surface area contributed by atoms with Crippen molar-refractivity contribution in [3.63, 3.8) is 0 Å². The highest BCUT2D eigenvalue weighted by atomic mass is 16.2. The summed E-state index contributed by atoms with van der Waals surface area (Å²) in [5.74, 6) is -0.0881. The van der Waals surface area contributed by atoms with Gasteiger partial charge in [-0.15, -0.1) is 0 Å². The van der Waals surface area contributed by atoms with Crippen molar-refractivity contribution in [2.45, 2.75) is 37.6 Å². The average Bonchev–Trinajstić information content (AvgIpc) is 2.46. The number of anilines is 1. The largest absolute Gasteiger partial charge is 0.317 e. The van der Waals surface area contributed by atoms with E-state index >= 15 is 0 Å². The Morgan fingerprint density at radius 2 is 1.95 bits per heavy atom. The van der Waals surface area contributed by atoms with Crippen molar-refractivity contribution in [3.8, 4) is 6.07 Å². The second kappa shape index (κ2) is 5.41. The molecule has 4 nitrogen and oxygen atoms in total. The molecule has 0 heterocycles. The van der Waals surface area contributed by atoms with Gasteiger partial charge in [0.2, 0.25) is 5.91 Å². The van der Waals surface area contributed by atoms with Crippen LogP contribution in [0.25, 0.3) is 0 Å². The number of amides is 1. The van der Waals surface area contributed by atoms with E-state index in [0.717, 1.165) is 32.1 Å². The van der Waals surface area contributed by atoms with Crippen LogP contribution in [0.2, 0.25) is 0 Å². The molecule has 100 valence electrons. The lowest BCUT2D eigenvalue weighted by atomic mass is 9.81. The van der Waals surface area contributed by atoms with Gasteiger partial charge in [0.1, 0.15) is 6.07 Å². The average molecular weight is 257 g/mol. The summed E-state index contributed by atoms with van der Waals surface area (Å²) < 4.78 is 0. The number of rotatable bonds is 2. The highest BCUT2D eigenvalue weighted by Crippen LogP contribution is 2.29. The first-order valence-electron chi connectivity index (χ1n) is 6.65. The zero-order chi connectivity index (χ0) is 13.9. The van der Waals surface area contributed by atoms with E-state index in [1.54, 1.807) is 25.2 Å². The van der Waals surface area contributed by atoms with E-state index in [0.29, 0.717) is 11.3 Å². The van der Waals surface area contributed by atoms with Crippen LogP contribution in [0.15, 0.2) is 24.3 Å². The molecule has 0 unspecified atom stereocenters. The van der Waals surface area contributed by atoms with E-state index in [9.17, 15) is 4.79 Å². The number of carbonyl (C=O) groups is 1. The van der Waals surface area contributed by atoms with Gasteiger partial charge in [0.15, 0.2) is 0 Å². The number of likely N-dealkylation sites (N-methyl/N-ethyl adjacent to an activating group) is 1. The summed E-state index contributed by atoms with van der Waals surface area (Å²) in [6.45, 7) is 0. The minimum absolute atomic E-state index is 0.0881. The number of para-hydroxylation sites is 1. The summed E-state index contributed by atoms with van der Waals surface area (Å²) in [5.41, 5.74) is 6.62. The van der Waals surface area contributed by atoms with Gasteiger partial charge >= 0.3 is 0 Å². The molecule has 0 aromatic heterocycles. The Kier molecular flexibility index (Phi) is 3.87. The number of nitrogens with zero attached hydrogens (tertiary/aromatic N) is 2. The Bertz CT molecular complexity index is 512. The van der Waals surface area contributed by atoms with Crippen molar-refractivity contribution < 1.29 is 4.79 Å². The SMILES string of the molecule is CN(C(=O)C1(N)CCCCC1)c1ccccc1C#N. The van der Waals surface area contributed by atoms with Gasteiger partial charge in [-0.05, 0) is 25.0 Å². The first kappa shape index (κ1) is 13.6. The number of nitrogens with two attached hydrogens (primary N) is 1. The summed E-state index contributed by atoms with van der Waals surface area (Å²) >= 11 is 0. The summed E-state index contributed by atoms with van der Waals surface area (Å²) in [6, 6.07) is 9.22. The molecule has 1 aliphatic rings. The van der Waals surface area contributed by atoms with Gasteiger partial charge in [-0.25, -0.2) is 0 Å². The van der Waals surface area contributed by atoms with Crippen LogP contribution in [-0.2, 0) is 4.79 Å². The zero-order valence-electron chi connectivity index (χ0n) is 11.2. The zero-order valence-corrected chi connectivity index (χ0v) is 11.2. The predicted octanol–water partition coefficient (Wildman–Crippen LogP) is 2.18. The molecule has 1 aromatic carbocycles. The quantitative estimate of drug-likeness (QED) is 0.882. The summed E-state index contributed by atoms with van der Waals surface area (Å²) in [4.78, 5) is 14.1. The van der Waals surface area contributed by atoms with Crippen molar-refractivity contribution >= 4 is 11.6 Å². The molecule has 1 aromatic rings. The van der Waals surface area contributed by atoms with Crippen LogP contribution in [-0.4, -0.2) is 18.5 Å². The van der Waals surface area contributed by atoms with E-state index in [1.807, 2.05) is 6.07 Å². The van der Waals surface area contributed by atoms with E-state index < -0.39 is 5.54 Å². The number of carbonyl (C=O) groups excluding carboxylic acids is 1. The van der Waals surface area contributed by atoms with Crippen molar-refractivity contribution in [1.29, 1.82) is 5.26 Å². The molecule has 19 heavy (non-hydrogen) atoms. The van der Waals surface area contributed by atoms with Crippen LogP contribution in [0.1, 0.15) is 37.7 Å². The molecule has 1 fully saturated rings. The summed E-state index contributed by atoms with van der Waals surface area (Å²) in [5, 5.41) is 9.10. The highest BCUT2D eigenvalue weighted by Gasteiger charge is 2.38. The molecule has 1 saturated carbocycles. The lowest BCUT2D eigenvalue weighted by molar-refractivity contribution is -0.124. The van der Waals surface area contributed by atoms with Gasteiger partial charge in [-0.2, -0.15) is 5.26 Å². The lowest BCUT2D eigenvalue weighted by Gasteiger charge is -2.35. The van der Waals surface area contributed by atoms with Gasteiger partial charge in [0.25, 0.3) is 0 Å². The maximum atomic E-state index is 12.6. The van der Waals surface area contributed by atoms with Gasteiger partial charge < -0.3 is 10.6 Å². The van der Waals surface area contributed by atoms with Crippen molar-refractivity contribution in [1.82, 2.24) is 0 Å². The predicted molar refractivity (Wildman–Crippen MR) is 74.6 cm³/mol. The molecule has 2 N–H and O–H groups in total. The Balaban J connectivity index is 2.26. The van der Waals surface area contributed by atoms with Crippen LogP contribution in [0, 0.1) is 11.3 Å². The minimum atomic E-state index is -0.768. The molecule has 0 spiro atoms. The first-order chi connectivity index (χ1) is 9.08. The number of benzene rings is 1. The van der Waals surface area contributed by atoms with Crippen LogP contribution in [0.3, 0.4) is 0 Å². The van der Waals surface area contributed by atoms with Crippen LogP contribution >= 0.6 is 0 Å². The van der Waals surface area contributed by atoms with Crippen molar-refractivity contribution in [2.75, 3.05) is 11.9 Å². The second-order valence-electron chi connectivity index (χ2n) is 5.21. The number of nitriles is 1. The molecule has 0 bridgehead atoms. The fourth-order valence-corrected chi connectivity index (χ4v) is 2.70. The number of hydrogen-bond acceptors (Lipinski definition) is 3. The molecular weight excluding hydrogens is 238 g/mol. The Hall–Kier alpha value is -1.86. The van der Waals surface area contributed by atoms with Gasteiger partial charge in [0.05, 0.1) is 16.8 Å². The molecule has 0 saturated heterocycles. The van der Waals surface area contributed by atoms with Gasteiger partial charge in [0, 0.05) is 7.05 Å². The van der Waals surface area contributed by atoms with Gasteiger partial charge in [-0.1, -0.05) is 31.4 Å². The highest BCUT2D eigenvalue weighted by molar-refractivity contribution is 6.00. The molecule has 0 aliphatic heterocycles. The fraction of sp³-hybridized carbons (Fsp3) is 0.467. The second-order valence-corrected chi connectivity index (χ2v) is 5.21. The lowest BCUT2D eigenvalue weighted by Crippen LogP contribution is -2.55. The molecular formula is C15H19N3O. The molecule has 0 atom stereocenters. The topological polar surface area (TPSA) is 70.1 Å². The molecule has 4 heteroatoms. The van der Waals surface area contributed by atoms with Gasteiger partial charge in [-0.3, -0.25) is 4.79 Å². The summed E-state index contributed by atoms with van der Waals surface area (Å²) in [7, 11) is 1.70. The maximum absolute atomic E-state index is 12.6. The fourth-order valence-electron chi connectivity index (χ4n) is 2.70. The maximum Gasteiger partial charge on any atom is 0.246 e. The van der Waals surface area contributed by atoms with Crippen molar-refractivity contribution in [3.05, 3.63) is 29.8 Å². The van der Waals surface area contributed by atoms with E-state index in [-0.39, 0.29) is 5.91 Å². The van der Waals surface area contributed by atoms with E-state index in [4.69, 9.17) is 11.0 Å². The monoisotopic (exact) mass is 257 g/mol. The molecule has 1 aliphatic carbocycles. The third kappa shape index (κ3) is 2.61. The summed E-state index contributed by atoms with van der Waals surface area (Å²) in [6.07, 6.45) is 4.59. The first-order valence-corrected chi connectivity index (χ1v) is 6.65. The van der Waals surface area contributed by atoms with Crippen LogP contribution < -0.4 is 10.6 Å². The van der Waals surface area contributed by atoms with E-state index in [1.165, 1.54) is 4.90 Å². The normalized spacial score (nSPS) is 17.5.